The van der Waals surface area contributed by atoms with E-state index in [1.807, 2.05) is 0 Å². The second-order valence-electron chi connectivity index (χ2n) is 5.20. The summed E-state index contributed by atoms with van der Waals surface area (Å²) >= 11 is 0. The van der Waals surface area contributed by atoms with Crippen molar-refractivity contribution in [2.24, 2.45) is 0 Å². The zero-order valence-corrected chi connectivity index (χ0v) is 13.8. The second-order valence-corrected chi connectivity index (χ2v) is 5.20. The largest absolute Gasteiger partial charge is 0.454 e. The van der Waals surface area contributed by atoms with Crippen molar-refractivity contribution in [2.75, 3.05) is 26.2 Å². The van der Waals surface area contributed by atoms with E-state index in [9.17, 15) is 14.9 Å². The lowest BCUT2D eigenvalue weighted by molar-refractivity contribution is -0.385. The summed E-state index contributed by atoms with van der Waals surface area (Å²) in [7, 11) is 0. The van der Waals surface area contributed by atoms with Crippen molar-refractivity contribution >= 4 is 11.6 Å². The molecule has 0 aromatic carbocycles. The maximum absolute atomic E-state index is 12.0. The number of amides is 1. The first-order chi connectivity index (χ1) is 11.5. The van der Waals surface area contributed by atoms with Gasteiger partial charge in [-0.1, -0.05) is 13.8 Å². The Hall–Kier alpha value is -2.68. The number of furan rings is 1. The maximum atomic E-state index is 12.0. The molecule has 0 radical (unpaired) electrons. The van der Waals surface area contributed by atoms with Crippen molar-refractivity contribution in [2.45, 2.75) is 20.4 Å². The van der Waals surface area contributed by atoms with Crippen molar-refractivity contribution in [1.82, 2.24) is 20.0 Å². The summed E-state index contributed by atoms with van der Waals surface area (Å²) in [5.74, 6) is 0.438. The molecule has 0 aliphatic carbocycles. The summed E-state index contributed by atoms with van der Waals surface area (Å²) in [6.45, 7) is 7.57. The molecule has 2 rings (SSSR count). The molecule has 2 heterocycles. The molecular weight excluding hydrogens is 314 g/mol. The molecule has 0 aliphatic rings. The van der Waals surface area contributed by atoms with Crippen LogP contribution >= 0.6 is 0 Å². The molecule has 0 aliphatic heterocycles. The first-order valence-corrected chi connectivity index (χ1v) is 7.79. The molecule has 9 nitrogen and oxygen atoms in total. The molecule has 1 amide bonds. The number of nitrogens with zero attached hydrogens (tertiary/aromatic N) is 4. The highest BCUT2D eigenvalue weighted by molar-refractivity contribution is 5.91. The van der Waals surface area contributed by atoms with Crippen LogP contribution in [0.15, 0.2) is 28.9 Å². The third-order valence-electron chi connectivity index (χ3n) is 3.64. The van der Waals surface area contributed by atoms with Crippen LogP contribution in [0.1, 0.15) is 30.2 Å². The first kappa shape index (κ1) is 17.7. The van der Waals surface area contributed by atoms with Crippen molar-refractivity contribution in [1.29, 1.82) is 0 Å². The lowest BCUT2D eigenvalue weighted by Crippen LogP contribution is -2.34. The molecule has 130 valence electrons. The number of hydrogen-bond acceptors (Lipinski definition) is 6. The number of carbonyl (C=O) groups excluding carboxylic acids is 1. The van der Waals surface area contributed by atoms with Gasteiger partial charge in [0.15, 0.2) is 5.76 Å². The Morgan fingerprint density at radius 1 is 1.42 bits per heavy atom. The Morgan fingerprint density at radius 2 is 2.17 bits per heavy atom. The average Bonchev–Trinajstić information content (AvgIpc) is 3.21. The zero-order chi connectivity index (χ0) is 17.5. The van der Waals surface area contributed by atoms with Crippen LogP contribution < -0.4 is 5.32 Å². The normalized spacial score (nSPS) is 11.0. The third-order valence-corrected chi connectivity index (χ3v) is 3.64. The number of likely N-dealkylation sites (N-methyl/N-ethyl adjacent to an activating group) is 1. The predicted octanol–water partition coefficient (Wildman–Crippen LogP) is 1.50. The van der Waals surface area contributed by atoms with Gasteiger partial charge >= 0.3 is 5.69 Å². The maximum Gasteiger partial charge on any atom is 0.307 e. The molecule has 0 atom stereocenters. The average molecular weight is 335 g/mol. The number of nitro groups is 1. The molecule has 0 bridgehead atoms. The molecule has 24 heavy (non-hydrogen) atoms. The van der Waals surface area contributed by atoms with Gasteiger partial charge in [0.25, 0.3) is 5.91 Å². The fourth-order valence-corrected chi connectivity index (χ4v) is 2.23. The molecule has 2 aromatic rings. The van der Waals surface area contributed by atoms with E-state index in [0.717, 1.165) is 19.6 Å². The van der Waals surface area contributed by atoms with E-state index < -0.39 is 4.92 Å². The monoisotopic (exact) mass is 335 g/mol. The van der Waals surface area contributed by atoms with Crippen molar-refractivity contribution in [3.05, 3.63) is 46.2 Å². The minimum Gasteiger partial charge on any atom is -0.454 e. The van der Waals surface area contributed by atoms with Gasteiger partial charge in [0.2, 0.25) is 0 Å². The number of hydrogen-bond donors (Lipinski definition) is 1. The van der Waals surface area contributed by atoms with Crippen LogP contribution in [0.25, 0.3) is 0 Å². The molecule has 0 fully saturated rings. The lowest BCUT2D eigenvalue weighted by Gasteiger charge is -2.17. The zero-order valence-electron chi connectivity index (χ0n) is 13.8. The number of aromatic nitrogens is 2. The molecule has 0 spiro atoms. The van der Waals surface area contributed by atoms with Gasteiger partial charge in [-0.3, -0.25) is 19.6 Å². The lowest BCUT2D eigenvalue weighted by atomic mass is 10.4. The van der Waals surface area contributed by atoms with Crippen LogP contribution in [0, 0.1) is 10.1 Å². The van der Waals surface area contributed by atoms with E-state index in [4.69, 9.17) is 4.42 Å². The molecular formula is C15H21N5O4. The van der Waals surface area contributed by atoms with Gasteiger partial charge in [-0.25, -0.2) is 0 Å². The Bertz CT molecular complexity index is 690. The summed E-state index contributed by atoms with van der Waals surface area (Å²) in [5.41, 5.74) is -0.0871. The number of rotatable bonds is 9. The van der Waals surface area contributed by atoms with Gasteiger partial charge in [0.05, 0.1) is 11.5 Å². The SMILES string of the molecule is CCN(CC)CCNC(=O)c1ccc(Cn2cc([N+](=O)[O-])cn2)o1. The third kappa shape index (κ3) is 4.66. The van der Waals surface area contributed by atoms with E-state index in [2.05, 4.69) is 29.2 Å². The Kier molecular flexibility index (Phi) is 6.07. The van der Waals surface area contributed by atoms with E-state index in [1.54, 1.807) is 12.1 Å². The fourth-order valence-electron chi connectivity index (χ4n) is 2.23. The van der Waals surface area contributed by atoms with Crippen molar-refractivity contribution < 1.29 is 14.1 Å². The topological polar surface area (TPSA) is 106 Å². The van der Waals surface area contributed by atoms with E-state index in [1.165, 1.54) is 17.1 Å². The Balaban J connectivity index is 1.87. The van der Waals surface area contributed by atoms with Crippen LogP contribution in [0.4, 0.5) is 5.69 Å². The molecule has 1 N–H and O–H groups in total. The van der Waals surface area contributed by atoms with E-state index in [-0.39, 0.29) is 23.9 Å². The van der Waals surface area contributed by atoms with Gasteiger partial charge in [-0.15, -0.1) is 0 Å². The minimum atomic E-state index is -0.513. The van der Waals surface area contributed by atoms with Crippen molar-refractivity contribution in [3.63, 3.8) is 0 Å². The van der Waals surface area contributed by atoms with Crippen LogP contribution in [0.5, 0.6) is 0 Å². The van der Waals surface area contributed by atoms with Gasteiger partial charge in [-0.2, -0.15) is 5.10 Å². The van der Waals surface area contributed by atoms with Gasteiger partial charge in [0.1, 0.15) is 18.2 Å². The summed E-state index contributed by atoms with van der Waals surface area (Å²) < 4.78 is 6.86. The predicted molar refractivity (Wildman–Crippen MR) is 86.8 cm³/mol. The summed E-state index contributed by atoms with van der Waals surface area (Å²) in [6, 6.07) is 3.24. The summed E-state index contributed by atoms with van der Waals surface area (Å²) in [6.07, 6.45) is 2.48. The van der Waals surface area contributed by atoms with Crippen LogP contribution in [0.2, 0.25) is 0 Å². The molecule has 0 saturated carbocycles. The number of nitrogens with one attached hydrogen (secondary N) is 1. The molecule has 0 saturated heterocycles. The fraction of sp³-hybridized carbons (Fsp3) is 0.467. The van der Waals surface area contributed by atoms with Crippen LogP contribution in [-0.2, 0) is 6.54 Å². The van der Waals surface area contributed by atoms with E-state index in [0.29, 0.717) is 12.3 Å². The highest BCUT2D eigenvalue weighted by Gasteiger charge is 2.13. The molecule has 9 heteroatoms. The summed E-state index contributed by atoms with van der Waals surface area (Å²) in [5, 5.41) is 17.3. The van der Waals surface area contributed by atoms with Crippen molar-refractivity contribution in [3.8, 4) is 0 Å². The van der Waals surface area contributed by atoms with Gasteiger partial charge < -0.3 is 14.6 Å². The molecule has 2 aromatic heterocycles. The van der Waals surface area contributed by atoms with Gasteiger partial charge in [-0.05, 0) is 25.2 Å². The number of carbonyl (C=O) groups is 1. The smallest absolute Gasteiger partial charge is 0.307 e. The summed E-state index contributed by atoms with van der Waals surface area (Å²) in [4.78, 5) is 24.3. The highest BCUT2D eigenvalue weighted by atomic mass is 16.6. The quantitative estimate of drug-likeness (QED) is 0.550. The highest BCUT2D eigenvalue weighted by Crippen LogP contribution is 2.12. The first-order valence-electron chi connectivity index (χ1n) is 7.79. The minimum absolute atomic E-state index is 0.0871. The second kappa shape index (κ2) is 8.25. The molecule has 0 unspecified atom stereocenters. The Labute approximate surface area is 139 Å². The Morgan fingerprint density at radius 3 is 2.79 bits per heavy atom. The van der Waals surface area contributed by atoms with Gasteiger partial charge in [0, 0.05) is 13.1 Å². The standard InChI is InChI=1S/C15H21N5O4/c1-3-18(4-2)8-7-16-15(21)14-6-5-13(24-14)11-19-10-12(9-17-19)20(22)23/h5-6,9-10H,3-4,7-8,11H2,1-2H3,(H,16,21). The van der Waals surface area contributed by atoms with Crippen LogP contribution in [0.3, 0.4) is 0 Å². The van der Waals surface area contributed by atoms with Crippen LogP contribution in [-0.4, -0.2) is 51.7 Å². The van der Waals surface area contributed by atoms with E-state index >= 15 is 0 Å².